The Labute approximate surface area is 185 Å². The van der Waals surface area contributed by atoms with Crippen LogP contribution in [0.15, 0.2) is 84.0 Å². The molecule has 162 valence electrons. The van der Waals surface area contributed by atoms with Crippen molar-refractivity contribution in [3.05, 3.63) is 84.8 Å². The average molecular weight is 449 g/mol. The van der Waals surface area contributed by atoms with Gasteiger partial charge in [-0.15, -0.1) is 0 Å². The van der Waals surface area contributed by atoms with E-state index in [0.717, 1.165) is 5.56 Å². The number of carbonyl (C=O) groups is 1. The molecule has 0 atom stereocenters. The fourth-order valence-electron chi connectivity index (χ4n) is 3.03. The highest BCUT2D eigenvalue weighted by Gasteiger charge is 2.18. The minimum absolute atomic E-state index is 0.0212. The zero-order chi connectivity index (χ0) is 22.6. The topological polar surface area (TPSA) is 119 Å². The van der Waals surface area contributed by atoms with Gasteiger partial charge in [0.1, 0.15) is 5.69 Å². The lowest BCUT2D eigenvalue weighted by Gasteiger charge is -2.09. The van der Waals surface area contributed by atoms with Crippen LogP contribution >= 0.6 is 0 Å². The van der Waals surface area contributed by atoms with Crippen LogP contribution in [0.5, 0.6) is 0 Å². The molecule has 0 radical (unpaired) electrons. The van der Waals surface area contributed by atoms with Gasteiger partial charge < -0.3 is 5.32 Å². The number of hydrogen-bond acceptors (Lipinski definition) is 6. The van der Waals surface area contributed by atoms with Crippen LogP contribution in [0.1, 0.15) is 17.4 Å². The van der Waals surface area contributed by atoms with E-state index < -0.39 is 10.0 Å². The minimum atomic E-state index is -3.85. The Morgan fingerprint density at radius 3 is 2.31 bits per heavy atom. The molecule has 0 aliphatic rings. The number of nitrogens with one attached hydrogen (secondary N) is 2. The van der Waals surface area contributed by atoms with Gasteiger partial charge in [0, 0.05) is 30.2 Å². The molecule has 2 aromatic carbocycles. The smallest absolute Gasteiger partial charge is 0.273 e. The maximum absolute atomic E-state index is 12.8. The summed E-state index contributed by atoms with van der Waals surface area (Å²) >= 11 is 0. The molecule has 10 heteroatoms. The Kier molecular flexibility index (Phi) is 5.95. The van der Waals surface area contributed by atoms with Crippen molar-refractivity contribution in [1.82, 2.24) is 19.7 Å². The summed E-state index contributed by atoms with van der Waals surface area (Å²) in [4.78, 5) is 20.6. The molecule has 2 aromatic heterocycles. The van der Waals surface area contributed by atoms with Gasteiger partial charge >= 0.3 is 0 Å². The van der Waals surface area contributed by atoms with Crippen molar-refractivity contribution >= 4 is 27.6 Å². The van der Waals surface area contributed by atoms with E-state index in [1.54, 1.807) is 16.8 Å². The Hall–Kier alpha value is -4.05. The van der Waals surface area contributed by atoms with E-state index in [4.69, 9.17) is 0 Å². The van der Waals surface area contributed by atoms with Crippen molar-refractivity contribution < 1.29 is 13.2 Å². The molecule has 0 aliphatic heterocycles. The molecule has 0 saturated carbocycles. The van der Waals surface area contributed by atoms with Crippen molar-refractivity contribution in [2.45, 2.75) is 18.4 Å². The Bertz CT molecular complexity index is 1320. The van der Waals surface area contributed by atoms with Gasteiger partial charge in [-0.25, -0.2) is 23.1 Å². The monoisotopic (exact) mass is 448 g/mol. The van der Waals surface area contributed by atoms with Crippen molar-refractivity contribution in [2.24, 2.45) is 0 Å². The number of rotatable bonds is 7. The molecule has 0 aliphatic carbocycles. The third-order valence-corrected chi connectivity index (χ3v) is 5.94. The molecule has 1 amide bonds. The number of aromatic nitrogens is 4. The van der Waals surface area contributed by atoms with E-state index in [1.807, 2.05) is 37.3 Å². The zero-order valence-corrected chi connectivity index (χ0v) is 18.0. The number of hydrogen-bond donors (Lipinski definition) is 2. The first-order chi connectivity index (χ1) is 15.5. The van der Waals surface area contributed by atoms with Crippen LogP contribution < -0.4 is 10.0 Å². The predicted molar refractivity (Wildman–Crippen MR) is 121 cm³/mol. The first kappa shape index (κ1) is 21.2. The molecule has 0 unspecified atom stereocenters. The normalized spacial score (nSPS) is 11.2. The van der Waals surface area contributed by atoms with E-state index in [9.17, 15) is 13.2 Å². The van der Waals surface area contributed by atoms with E-state index in [0.29, 0.717) is 23.6 Å². The molecule has 0 spiro atoms. The summed E-state index contributed by atoms with van der Waals surface area (Å²) in [5.41, 5.74) is 2.48. The number of aryl methyl sites for hydroxylation is 1. The summed E-state index contributed by atoms with van der Waals surface area (Å²) in [6.45, 7) is 2.43. The third kappa shape index (κ3) is 4.65. The Morgan fingerprint density at radius 2 is 1.66 bits per heavy atom. The second-order valence-corrected chi connectivity index (χ2v) is 8.44. The molecule has 4 aromatic rings. The Morgan fingerprint density at radius 1 is 0.969 bits per heavy atom. The second-order valence-electron chi connectivity index (χ2n) is 6.75. The van der Waals surface area contributed by atoms with Gasteiger partial charge in [0.05, 0.1) is 10.6 Å². The van der Waals surface area contributed by atoms with Gasteiger partial charge in [-0.3, -0.25) is 9.48 Å². The van der Waals surface area contributed by atoms with Crippen LogP contribution in [0.4, 0.5) is 11.6 Å². The van der Waals surface area contributed by atoms with E-state index >= 15 is 0 Å². The number of carbonyl (C=O) groups excluding carboxylic acids is 1. The second kappa shape index (κ2) is 8.98. The lowest BCUT2D eigenvalue weighted by molar-refractivity contribution is 0.101. The summed E-state index contributed by atoms with van der Waals surface area (Å²) in [5, 5.41) is 7.29. The molecule has 9 nitrogen and oxygen atoms in total. The minimum Gasteiger partial charge on any atom is -0.321 e. The molecule has 2 N–H and O–H groups in total. The third-order valence-electron chi connectivity index (χ3n) is 4.60. The molecular formula is C22H20N6O3S. The summed E-state index contributed by atoms with van der Waals surface area (Å²) in [7, 11) is -3.85. The molecule has 2 heterocycles. The fraction of sp³-hybridized carbons (Fsp3) is 0.0909. The van der Waals surface area contributed by atoms with Crippen molar-refractivity contribution in [3.8, 4) is 11.3 Å². The lowest BCUT2D eigenvalue weighted by Crippen LogP contribution is -2.18. The first-order valence-corrected chi connectivity index (χ1v) is 11.3. The molecule has 32 heavy (non-hydrogen) atoms. The molecular weight excluding hydrogens is 428 g/mol. The molecule has 4 rings (SSSR count). The van der Waals surface area contributed by atoms with Gasteiger partial charge in [-0.2, -0.15) is 5.10 Å². The zero-order valence-electron chi connectivity index (χ0n) is 17.1. The molecule has 0 bridgehead atoms. The number of anilines is 2. The highest BCUT2D eigenvalue weighted by Crippen LogP contribution is 2.21. The lowest BCUT2D eigenvalue weighted by atomic mass is 10.1. The van der Waals surface area contributed by atoms with E-state index in [-0.39, 0.29) is 16.8 Å². The molecule has 0 fully saturated rings. The maximum atomic E-state index is 12.8. The van der Waals surface area contributed by atoms with E-state index in [2.05, 4.69) is 25.1 Å². The highest BCUT2D eigenvalue weighted by molar-refractivity contribution is 7.92. The number of sulfonamides is 1. The fourth-order valence-corrected chi connectivity index (χ4v) is 3.99. The summed E-state index contributed by atoms with van der Waals surface area (Å²) in [6.07, 6.45) is 2.88. The molecule has 0 saturated heterocycles. The summed E-state index contributed by atoms with van der Waals surface area (Å²) in [6, 6.07) is 18.7. The quantitative estimate of drug-likeness (QED) is 0.447. The van der Waals surface area contributed by atoms with Gasteiger partial charge in [0.2, 0.25) is 5.95 Å². The first-order valence-electron chi connectivity index (χ1n) is 9.81. The average Bonchev–Trinajstić information content (AvgIpc) is 3.25. The largest absolute Gasteiger partial charge is 0.321 e. The van der Waals surface area contributed by atoms with Crippen molar-refractivity contribution in [3.63, 3.8) is 0 Å². The standard InChI is InChI=1S/C22H20N6O3S/c1-2-28-20(15-19(26-28)16-7-4-3-5-8-16)21(29)25-17-9-11-18(12-10-17)32(30,31)27-22-23-13-6-14-24-22/h3-15H,2H2,1H3,(H,25,29)(H,23,24,27). The number of amides is 1. The van der Waals surface area contributed by atoms with E-state index in [1.165, 1.54) is 36.7 Å². The SMILES string of the molecule is CCn1nc(-c2ccccc2)cc1C(=O)Nc1ccc(S(=O)(=O)Nc2ncccn2)cc1. The van der Waals surface area contributed by atoms with Crippen LogP contribution in [-0.4, -0.2) is 34.1 Å². The maximum Gasteiger partial charge on any atom is 0.273 e. The number of nitrogens with zero attached hydrogens (tertiary/aromatic N) is 4. The van der Waals surface area contributed by atoms with Gasteiger partial charge in [0.25, 0.3) is 15.9 Å². The number of benzene rings is 2. The van der Waals surface area contributed by atoms with Crippen LogP contribution in [0.3, 0.4) is 0 Å². The van der Waals surface area contributed by atoms with Crippen LogP contribution in [0.2, 0.25) is 0 Å². The van der Waals surface area contributed by atoms with Crippen LogP contribution in [0.25, 0.3) is 11.3 Å². The van der Waals surface area contributed by atoms with Crippen LogP contribution in [-0.2, 0) is 16.6 Å². The summed E-state index contributed by atoms with van der Waals surface area (Å²) < 4.78 is 28.9. The van der Waals surface area contributed by atoms with Gasteiger partial charge in [-0.05, 0) is 43.3 Å². The van der Waals surface area contributed by atoms with Crippen molar-refractivity contribution in [2.75, 3.05) is 10.0 Å². The van der Waals surface area contributed by atoms with Crippen LogP contribution in [0, 0.1) is 0 Å². The van der Waals surface area contributed by atoms with Gasteiger partial charge in [-0.1, -0.05) is 30.3 Å². The summed E-state index contributed by atoms with van der Waals surface area (Å²) in [5.74, 6) is -0.361. The van der Waals surface area contributed by atoms with Crippen molar-refractivity contribution in [1.29, 1.82) is 0 Å². The highest BCUT2D eigenvalue weighted by atomic mass is 32.2. The predicted octanol–water partition coefficient (Wildman–Crippen LogP) is 3.41. The Balaban J connectivity index is 1.50. The van der Waals surface area contributed by atoms with Gasteiger partial charge in [0.15, 0.2) is 0 Å².